The summed E-state index contributed by atoms with van der Waals surface area (Å²) in [6.45, 7) is 5.43. The molecule has 12 heavy (non-hydrogen) atoms. The van der Waals surface area contributed by atoms with Crippen molar-refractivity contribution in [2.24, 2.45) is 4.99 Å². The smallest absolute Gasteiger partial charge is 0.141 e. The number of nitrogens with zero attached hydrogens (tertiary/aromatic N) is 1. The first kappa shape index (κ1) is 8.53. The molecule has 0 saturated carbocycles. The Morgan fingerprint density at radius 3 is 2.83 bits per heavy atom. The molecule has 62 valence electrons. The molecule has 2 heteroatoms. The largest absolute Gasteiger partial charge is 0.506 e. The molecule has 0 spiro atoms. The van der Waals surface area contributed by atoms with Gasteiger partial charge in [0.25, 0.3) is 0 Å². The van der Waals surface area contributed by atoms with Gasteiger partial charge in [-0.3, -0.25) is 4.99 Å². The van der Waals surface area contributed by atoms with Crippen molar-refractivity contribution in [3.8, 4) is 5.75 Å². The highest BCUT2D eigenvalue weighted by atomic mass is 16.3. The first-order valence-electron chi connectivity index (χ1n) is 3.72. The molecule has 0 radical (unpaired) electrons. The average Bonchev–Trinajstić information content (AvgIpc) is 2.09. The van der Waals surface area contributed by atoms with Crippen molar-refractivity contribution in [3.05, 3.63) is 30.3 Å². The van der Waals surface area contributed by atoms with Gasteiger partial charge in [-0.2, -0.15) is 0 Å². The van der Waals surface area contributed by atoms with Crippen LogP contribution in [0.25, 0.3) is 6.08 Å². The van der Waals surface area contributed by atoms with Crippen LogP contribution in [0.3, 0.4) is 0 Å². The van der Waals surface area contributed by atoms with Crippen LogP contribution in [-0.2, 0) is 0 Å². The number of para-hydroxylation sites is 1. The molecule has 0 aromatic heterocycles. The first-order valence-corrected chi connectivity index (χ1v) is 3.72. The number of hydrogen-bond donors (Lipinski definition) is 1. The van der Waals surface area contributed by atoms with E-state index in [0.29, 0.717) is 5.69 Å². The molecule has 0 amide bonds. The van der Waals surface area contributed by atoms with Crippen molar-refractivity contribution in [3.63, 3.8) is 0 Å². The third-order valence-electron chi connectivity index (χ3n) is 1.52. The standard InChI is InChI=1S/C10H11NO/c1-3-8-6-5-7-9(12)10(8)11-4-2/h3-7,12H,1H2,2H3/b11-4-. The van der Waals surface area contributed by atoms with E-state index in [0.717, 1.165) is 5.56 Å². The van der Waals surface area contributed by atoms with Crippen LogP contribution >= 0.6 is 0 Å². The normalized spacial score (nSPS) is 10.4. The van der Waals surface area contributed by atoms with E-state index in [4.69, 9.17) is 0 Å². The van der Waals surface area contributed by atoms with Crippen LogP contribution in [0.5, 0.6) is 5.75 Å². The molecule has 0 fully saturated rings. The topological polar surface area (TPSA) is 32.6 Å². The molecular weight excluding hydrogens is 150 g/mol. The highest BCUT2D eigenvalue weighted by Gasteiger charge is 2.01. The maximum Gasteiger partial charge on any atom is 0.141 e. The van der Waals surface area contributed by atoms with Gasteiger partial charge in [0.1, 0.15) is 11.4 Å². The summed E-state index contributed by atoms with van der Waals surface area (Å²) in [5.41, 5.74) is 1.42. The third kappa shape index (κ3) is 1.53. The van der Waals surface area contributed by atoms with Gasteiger partial charge in [-0.15, -0.1) is 0 Å². The lowest BCUT2D eigenvalue weighted by molar-refractivity contribution is 0.477. The van der Waals surface area contributed by atoms with E-state index >= 15 is 0 Å². The molecule has 2 nitrogen and oxygen atoms in total. The maximum atomic E-state index is 9.39. The Hall–Kier alpha value is -1.57. The minimum atomic E-state index is 0.186. The van der Waals surface area contributed by atoms with Gasteiger partial charge < -0.3 is 5.11 Å². The van der Waals surface area contributed by atoms with Gasteiger partial charge in [0.2, 0.25) is 0 Å². The number of aliphatic imine (C=N–C) groups is 1. The number of hydrogen-bond acceptors (Lipinski definition) is 2. The van der Waals surface area contributed by atoms with Crippen LogP contribution in [-0.4, -0.2) is 11.3 Å². The second-order valence-corrected chi connectivity index (χ2v) is 2.31. The van der Waals surface area contributed by atoms with Gasteiger partial charge in [-0.25, -0.2) is 0 Å². The molecule has 1 aromatic rings. The SMILES string of the molecule is C=Cc1cccc(O)c1/N=C\C. The van der Waals surface area contributed by atoms with Crippen molar-refractivity contribution in [2.45, 2.75) is 6.92 Å². The predicted octanol–water partition coefficient (Wildman–Crippen LogP) is 2.76. The summed E-state index contributed by atoms with van der Waals surface area (Å²) in [4.78, 5) is 4.03. The average molecular weight is 161 g/mol. The van der Waals surface area contributed by atoms with Crippen molar-refractivity contribution < 1.29 is 5.11 Å². The van der Waals surface area contributed by atoms with Crippen molar-refractivity contribution >= 4 is 18.0 Å². The number of aromatic hydroxyl groups is 1. The lowest BCUT2D eigenvalue weighted by atomic mass is 10.1. The summed E-state index contributed by atoms with van der Waals surface area (Å²) in [6.07, 6.45) is 3.31. The van der Waals surface area contributed by atoms with Gasteiger partial charge in [0, 0.05) is 11.8 Å². The van der Waals surface area contributed by atoms with Gasteiger partial charge in [-0.1, -0.05) is 24.8 Å². The lowest BCUT2D eigenvalue weighted by Crippen LogP contribution is -1.75. The number of phenols is 1. The van der Waals surface area contributed by atoms with Crippen molar-refractivity contribution in [1.29, 1.82) is 0 Å². The molecule has 1 N–H and O–H groups in total. The van der Waals surface area contributed by atoms with Crippen LogP contribution in [0.1, 0.15) is 12.5 Å². The molecule has 1 aromatic carbocycles. The fraction of sp³-hybridized carbons (Fsp3) is 0.100. The van der Waals surface area contributed by atoms with Crippen LogP contribution in [0.15, 0.2) is 29.8 Å². The third-order valence-corrected chi connectivity index (χ3v) is 1.52. The highest BCUT2D eigenvalue weighted by molar-refractivity contribution is 5.73. The van der Waals surface area contributed by atoms with Crippen LogP contribution in [0.4, 0.5) is 5.69 Å². The van der Waals surface area contributed by atoms with E-state index < -0.39 is 0 Å². The maximum absolute atomic E-state index is 9.39. The van der Waals surface area contributed by atoms with E-state index in [9.17, 15) is 5.11 Å². The summed E-state index contributed by atoms with van der Waals surface area (Å²) in [6, 6.07) is 5.23. The summed E-state index contributed by atoms with van der Waals surface area (Å²) < 4.78 is 0. The number of benzene rings is 1. The lowest BCUT2D eigenvalue weighted by Gasteiger charge is -2.01. The van der Waals surface area contributed by atoms with Gasteiger partial charge >= 0.3 is 0 Å². The second-order valence-electron chi connectivity index (χ2n) is 2.31. The predicted molar refractivity (Wildman–Crippen MR) is 52.0 cm³/mol. The molecule has 0 atom stereocenters. The van der Waals surface area contributed by atoms with Crippen LogP contribution < -0.4 is 0 Å². The van der Waals surface area contributed by atoms with Gasteiger partial charge in [-0.05, 0) is 13.0 Å². The molecule has 0 heterocycles. The highest BCUT2D eigenvalue weighted by Crippen LogP contribution is 2.30. The van der Waals surface area contributed by atoms with Gasteiger partial charge in [0.15, 0.2) is 0 Å². The summed E-state index contributed by atoms with van der Waals surface area (Å²) >= 11 is 0. The van der Waals surface area contributed by atoms with Crippen molar-refractivity contribution in [1.82, 2.24) is 0 Å². The molecule has 0 aliphatic heterocycles. The Balaban J connectivity index is 3.28. The van der Waals surface area contributed by atoms with Crippen molar-refractivity contribution in [2.75, 3.05) is 0 Å². The zero-order valence-electron chi connectivity index (χ0n) is 6.99. The van der Waals surface area contributed by atoms with E-state index in [1.807, 2.05) is 6.07 Å². The zero-order chi connectivity index (χ0) is 8.97. The zero-order valence-corrected chi connectivity index (χ0v) is 6.99. The fourth-order valence-corrected chi connectivity index (χ4v) is 0.983. The minimum Gasteiger partial charge on any atom is -0.506 e. The first-order chi connectivity index (χ1) is 5.79. The Labute approximate surface area is 71.9 Å². The van der Waals surface area contributed by atoms with Gasteiger partial charge in [0.05, 0.1) is 0 Å². The summed E-state index contributed by atoms with van der Waals surface area (Å²) in [5, 5.41) is 9.39. The molecule has 0 aliphatic rings. The molecule has 1 rings (SSSR count). The Bertz CT molecular complexity index is 316. The summed E-state index contributed by atoms with van der Waals surface area (Å²) in [5.74, 6) is 0.186. The Morgan fingerprint density at radius 2 is 2.25 bits per heavy atom. The van der Waals surface area contributed by atoms with E-state index in [2.05, 4.69) is 11.6 Å². The molecular formula is C10H11NO. The van der Waals surface area contributed by atoms with E-state index in [1.54, 1.807) is 31.3 Å². The van der Waals surface area contributed by atoms with E-state index in [-0.39, 0.29) is 5.75 Å². The molecule has 0 saturated heterocycles. The Kier molecular flexibility index (Phi) is 2.64. The Morgan fingerprint density at radius 1 is 1.50 bits per heavy atom. The quantitative estimate of drug-likeness (QED) is 0.664. The second kappa shape index (κ2) is 3.72. The van der Waals surface area contributed by atoms with Crippen LogP contribution in [0.2, 0.25) is 0 Å². The molecule has 0 aliphatic carbocycles. The fourth-order valence-electron chi connectivity index (χ4n) is 0.983. The number of rotatable bonds is 2. The van der Waals surface area contributed by atoms with Crippen LogP contribution in [0, 0.1) is 0 Å². The number of phenolic OH excluding ortho intramolecular Hbond substituents is 1. The minimum absolute atomic E-state index is 0.186. The molecule has 0 unspecified atom stereocenters. The monoisotopic (exact) mass is 161 g/mol. The van der Waals surface area contributed by atoms with E-state index in [1.165, 1.54) is 0 Å². The summed E-state index contributed by atoms with van der Waals surface area (Å²) in [7, 11) is 0. The molecule has 0 bridgehead atoms.